The number of carboxylic acid groups (broad SMARTS) is 1. The van der Waals surface area contributed by atoms with E-state index in [4.69, 9.17) is 37.4 Å². The third kappa shape index (κ3) is 7.76. The monoisotopic (exact) mass is 644 g/mol. The molecule has 2 aromatic carbocycles. The number of amides is 2. The lowest BCUT2D eigenvalue weighted by molar-refractivity contribution is -0.136. The normalized spacial score (nSPS) is 16.5. The Morgan fingerprint density at radius 1 is 1.09 bits per heavy atom. The number of hydrogen-bond acceptors (Lipinski definition) is 9. The van der Waals surface area contributed by atoms with Crippen LogP contribution in [0.25, 0.3) is 0 Å². The van der Waals surface area contributed by atoms with Crippen molar-refractivity contribution >= 4 is 52.7 Å². The molecule has 0 radical (unpaired) electrons. The van der Waals surface area contributed by atoms with E-state index in [1.807, 2.05) is 0 Å². The van der Waals surface area contributed by atoms with Gasteiger partial charge >= 0.3 is 11.9 Å². The summed E-state index contributed by atoms with van der Waals surface area (Å²) >= 11 is 12.7. The van der Waals surface area contributed by atoms with Gasteiger partial charge in [-0.15, -0.1) is 0 Å². The van der Waals surface area contributed by atoms with Gasteiger partial charge in [-0.3, -0.25) is 9.59 Å². The molecule has 1 atom stereocenters. The fourth-order valence-electron chi connectivity index (χ4n) is 4.78. The number of carbonyl (C=O) groups excluding carboxylic acids is 3. The van der Waals surface area contributed by atoms with Gasteiger partial charge in [0, 0.05) is 30.1 Å². The van der Waals surface area contributed by atoms with Gasteiger partial charge in [0.2, 0.25) is 5.91 Å². The second-order valence-corrected chi connectivity index (χ2v) is 10.6. The fourth-order valence-corrected chi connectivity index (χ4v) is 5.26. The number of ether oxygens (including phenoxy) is 3. The fraction of sp³-hybridized carbons (Fsp3) is 0.300. The summed E-state index contributed by atoms with van der Waals surface area (Å²) in [5.74, 6) is -3.19. The summed E-state index contributed by atoms with van der Waals surface area (Å²) < 4.78 is 16.3. The van der Waals surface area contributed by atoms with E-state index in [0.717, 1.165) is 5.56 Å². The predicted molar refractivity (Wildman–Crippen MR) is 161 cm³/mol. The lowest BCUT2D eigenvalue weighted by atomic mass is 9.80. The Hall–Kier alpha value is -4.39. The number of rotatable bonds is 12. The Labute approximate surface area is 263 Å². The summed E-state index contributed by atoms with van der Waals surface area (Å²) in [6.45, 7) is 1.40. The maximum atomic E-state index is 12.9. The second kappa shape index (κ2) is 14.9. The smallest absolute Gasteiger partial charge is 0.336 e. The second-order valence-electron chi connectivity index (χ2n) is 9.74. The molecule has 2 heterocycles. The van der Waals surface area contributed by atoms with Gasteiger partial charge in [-0.05, 0) is 42.3 Å². The number of nitrogens with one attached hydrogen (secondary N) is 3. The number of carboxylic acids is 1. The molecule has 44 heavy (non-hydrogen) atoms. The van der Waals surface area contributed by atoms with E-state index in [1.165, 1.54) is 7.11 Å². The van der Waals surface area contributed by atoms with Crippen molar-refractivity contribution in [3.8, 4) is 5.75 Å². The van der Waals surface area contributed by atoms with Crippen LogP contribution < -0.4 is 20.8 Å². The summed E-state index contributed by atoms with van der Waals surface area (Å²) in [5.41, 5.74) is 4.97. The van der Waals surface area contributed by atoms with Gasteiger partial charge < -0.3 is 30.0 Å². The zero-order valence-electron chi connectivity index (χ0n) is 23.9. The number of methoxy groups -OCH3 is 1. The van der Waals surface area contributed by atoms with Crippen LogP contribution in [0.3, 0.4) is 0 Å². The highest BCUT2D eigenvalue weighted by Gasteiger charge is 2.39. The molecule has 14 heteroatoms. The quantitative estimate of drug-likeness (QED) is 0.200. The third-order valence-electron chi connectivity index (χ3n) is 6.84. The van der Waals surface area contributed by atoms with Crippen molar-refractivity contribution in [2.45, 2.75) is 25.7 Å². The Bertz CT molecular complexity index is 1570. The lowest BCUT2D eigenvalue weighted by Crippen LogP contribution is -2.35. The van der Waals surface area contributed by atoms with Gasteiger partial charge in [-0.2, -0.15) is 5.10 Å². The molecule has 0 fully saturated rings. The molecule has 2 aliphatic rings. The summed E-state index contributed by atoms with van der Waals surface area (Å²) in [5, 5.41) is 20.2. The van der Waals surface area contributed by atoms with E-state index in [9.17, 15) is 24.3 Å². The van der Waals surface area contributed by atoms with E-state index < -0.39 is 23.8 Å². The highest BCUT2D eigenvalue weighted by molar-refractivity contribution is 6.32. The van der Waals surface area contributed by atoms with E-state index in [1.54, 1.807) is 49.4 Å². The van der Waals surface area contributed by atoms with Crippen LogP contribution in [-0.4, -0.2) is 68.0 Å². The van der Waals surface area contributed by atoms with Crippen molar-refractivity contribution in [2.75, 3.05) is 33.5 Å². The van der Waals surface area contributed by atoms with Gasteiger partial charge in [0.05, 0.1) is 53.8 Å². The van der Waals surface area contributed by atoms with Crippen LogP contribution >= 0.6 is 23.2 Å². The molecule has 0 saturated heterocycles. The number of nitrogens with zero attached hydrogens (tertiary/aromatic N) is 1. The van der Waals surface area contributed by atoms with Crippen molar-refractivity contribution in [2.24, 2.45) is 5.10 Å². The summed E-state index contributed by atoms with van der Waals surface area (Å²) in [7, 11) is 1.20. The maximum Gasteiger partial charge on any atom is 0.336 e. The molecular weight excluding hydrogens is 615 g/mol. The average Bonchev–Trinajstić information content (AvgIpc) is 3.00. The largest absolute Gasteiger partial charge is 0.482 e. The van der Waals surface area contributed by atoms with Crippen molar-refractivity contribution < 1.29 is 38.5 Å². The first kappa shape index (κ1) is 32.5. The minimum atomic E-state index is -1.21. The Morgan fingerprint density at radius 3 is 2.52 bits per heavy atom. The molecule has 0 spiro atoms. The molecule has 0 saturated carbocycles. The standard InChI is InChI=1S/C30H30Cl2N4O8/c1-16-26(29(39)40)27(18-5-3-4-6-19(18)31)28(30(41)42-2)22(34-16)14-43-12-11-33-25(38)15-44-23-9-7-17(13-20(23)32)21-8-10-24(37)36-35-21/h3-7,9,13,27,34H,8,10-12,14-15H2,1-2H3,(H,33,38)(H,36,37)(H,39,40). The average molecular weight is 645 g/mol. The zero-order chi connectivity index (χ0) is 31.8. The topological polar surface area (TPSA) is 165 Å². The van der Waals surface area contributed by atoms with Crippen LogP contribution in [0, 0.1) is 0 Å². The third-order valence-corrected chi connectivity index (χ3v) is 7.48. The van der Waals surface area contributed by atoms with Crippen molar-refractivity contribution in [1.29, 1.82) is 0 Å². The molecule has 0 aliphatic carbocycles. The Morgan fingerprint density at radius 2 is 1.86 bits per heavy atom. The molecule has 4 rings (SSSR count). The number of halogens is 2. The first-order valence-electron chi connectivity index (χ1n) is 13.5. The van der Waals surface area contributed by atoms with Crippen LogP contribution in [0.4, 0.5) is 0 Å². The van der Waals surface area contributed by atoms with Gasteiger partial charge in [0.15, 0.2) is 6.61 Å². The number of dihydropyridines is 1. The SMILES string of the molecule is COC(=O)C1=C(COCCNC(=O)COc2ccc(C3=NNC(=O)CC3)cc2Cl)NC(C)=C(C(=O)O)C1c1ccccc1Cl. The summed E-state index contributed by atoms with van der Waals surface area (Å²) in [6.07, 6.45) is 0.830. The number of allylic oxidation sites excluding steroid dienone is 1. The number of benzene rings is 2. The van der Waals surface area contributed by atoms with Crippen LogP contribution in [-0.2, 0) is 28.7 Å². The van der Waals surface area contributed by atoms with Crippen molar-refractivity contribution in [1.82, 2.24) is 16.1 Å². The molecule has 0 aromatic heterocycles. The van der Waals surface area contributed by atoms with Crippen LogP contribution in [0.5, 0.6) is 5.75 Å². The molecule has 2 amide bonds. The van der Waals surface area contributed by atoms with Crippen molar-refractivity contribution in [3.05, 3.63) is 86.2 Å². The van der Waals surface area contributed by atoms with E-state index in [-0.39, 0.29) is 43.4 Å². The molecule has 12 nitrogen and oxygen atoms in total. The molecule has 2 aliphatic heterocycles. The number of hydrazone groups is 1. The van der Waals surface area contributed by atoms with Gasteiger partial charge in [-0.25, -0.2) is 15.0 Å². The minimum Gasteiger partial charge on any atom is -0.482 e. The molecule has 2 aromatic rings. The summed E-state index contributed by atoms with van der Waals surface area (Å²) in [6, 6.07) is 11.7. The molecule has 232 valence electrons. The maximum absolute atomic E-state index is 12.9. The van der Waals surface area contributed by atoms with E-state index in [0.29, 0.717) is 51.3 Å². The predicted octanol–water partition coefficient (Wildman–Crippen LogP) is 3.29. The van der Waals surface area contributed by atoms with Gasteiger partial charge in [-0.1, -0.05) is 41.4 Å². The van der Waals surface area contributed by atoms with Gasteiger partial charge in [0.1, 0.15) is 5.75 Å². The first-order valence-corrected chi connectivity index (χ1v) is 14.3. The molecule has 0 bridgehead atoms. The van der Waals surface area contributed by atoms with Crippen molar-refractivity contribution in [3.63, 3.8) is 0 Å². The molecule has 4 N–H and O–H groups in total. The van der Waals surface area contributed by atoms with Crippen LogP contribution in [0.2, 0.25) is 10.0 Å². The van der Waals surface area contributed by atoms with Crippen LogP contribution in [0.15, 0.2) is 70.1 Å². The lowest BCUT2D eigenvalue weighted by Gasteiger charge is -2.31. The van der Waals surface area contributed by atoms with Crippen LogP contribution in [0.1, 0.15) is 36.8 Å². The Balaban J connectivity index is 1.33. The Kier molecular flexibility index (Phi) is 11.0. The van der Waals surface area contributed by atoms with E-state index >= 15 is 0 Å². The number of esters is 1. The number of carbonyl (C=O) groups is 4. The first-order chi connectivity index (χ1) is 21.1. The van der Waals surface area contributed by atoms with E-state index in [2.05, 4.69) is 21.2 Å². The highest BCUT2D eigenvalue weighted by atomic mass is 35.5. The molecule has 1 unspecified atom stereocenters. The zero-order valence-corrected chi connectivity index (χ0v) is 25.4. The minimum absolute atomic E-state index is 0.0412. The highest BCUT2D eigenvalue weighted by Crippen LogP contribution is 2.41. The molecular formula is C30H30Cl2N4O8. The number of aliphatic carboxylic acids is 1. The number of hydrogen-bond donors (Lipinski definition) is 4. The summed E-state index contributed by atoms with van der Waals surface area (Å²) in [4.78, 5) is 48.8. The van der Waals surface area contributed by atoms with Gasteiger partial charge in [0.25, 0.3) is 5.91 Å².